The molecule has 1 heterocycles. The van der Waals surface area contributed by atoms with E-state index in [-0.39, 0.29) is 0 Å². The lowest BCUT2D eigenvalue weighted by Gasteiger charge is -2.63. The maximum atomic E-state index is 10.6. The fourth-order valence-electron chi connectivity index (χ4n) is 9.97. The lowest BCUT2D eigenvalue weighted by atomic mass is 9.45. The fraction of sp³-hybridized carbons (Fsp3) is 0.871. The molecule has 1 saturated heterocycles. The van der Waals surface area contributed by atoms with Crippen LogP contribution in [0.5, 0.6) is 0 Å². The van der Waals surface area contributed by atoms with E-state index in [0.29, 0.717) is 23.4 Å². The average molecular weight is 481 g/mol. The second-order valence-electron chi connectivity index (χ2n) is 14.1. The van der Waals surface area contributed by atoms with E-state index in [9.17, 15) is 5.11 Å². The Hall–Kier alpha value is -0.575. The number of allylic oxidation sites excluding steroid dienone is 4. The third-order valence-corrected chi connectivity index (χ3v) is 12.1. The minimum atomic E-state index is -0.845. The largest absolute Gasteiger partial charge is 0.432 e. The molecule has 1 N–H and O–H groups in total. The molecule has 0 radical (unpaired) electrons. The molecule has 194 valence electrons. The number of rotatable bonds is 4. The van der Waals surface area contributed by atoms with Crippen molar-refractivity contribution in [2.45, 2.75) is 128 Å². The summed E-state index contributed by atoms with van der Waals surface area (Å²) in [7, 11) is 0.744. The Morgan fingerprint density at radius 2 is 1.43 bits per heavy atom. The molecule has 0 aromatic rings. The van der Waals surface area contributed by atoms with Gasteiger partial charge in [0.1, 0.15) is 0 Å². The van der Waals surface area contributed by atoms with Crippen molar-refractivity contribution in [1.29, 1.82) is 0 Å². The van der Waals surface area contributed by atoms with Crippen molar-refractivity contribution in [3.05, 3.63) is 24.3 Å². The van der Waals surface area contributed by atoms with Crippen molar-refractivity contribution in [3.63, 3.8) is 0 Å². The molecule has 5 aliphatic carbocycles. The summed E-state index contributed by atoms with van der Waals surface area (Å²) in [5.74, 6) is 5.28. The van der Waals surface area contributed by atoms with Gasteiger partial charge in [0.25, 0.3) is 7.48 Å². The van der Waals surface area contributed by atoms with Crippen molar-refractivity contribution >= 4 is 7.48 Å². The zero-order chi connectivity index (χ0) is 24.4. The molecule has 4 heteroatoms. The molecule has 4 fully saturated rings. The smallest absolute Gasteiger partial charge is 0.279 e. The Morgan fingerprint density at radius 1 is 0.800 bits per heavy atom. The summed E-state index contributed by atoms with van der Waals surface area (Å²) in [5, 5.41) is 10.6. The Kier molecular flexibility index (Phi) is 6.38. The van der Waals surface area contributed by atoms with Crippen molar-refractivity contribution < 1.29 is 14.5 Å². The quantitative estimate of drug-likeness (QED) is 0.363. The van der Waals surface area contributed by atoms with Crippen LogP contribution in [0.1, 0.15) is 98.3 Å². The van der Waals surface area contributed by atoms with Gasteiger partial charge in [0, 0.05) is 0 Å². The summed E-state index contributed by atoms with van der Waals surface area (Å²) in [6, 6.07) is 0. The highest BCUT2D eigenvalue weighted by atomic mass is 16.5. The van der Waals surface area contributed by atoms with E-state index in [0.717, 1.165) is 49.4 Å². The molecular weight excluding hydrogens is 431 g/mol. The van der Waals surface area contributed by atoms with Crippen molar-refractivity contribution in [2.75, 3.05) is 0 Å². The Bertz CT molecular complexity index is 813. The third kappa shape index (κ3) is 3.86. The first-order chi connectivity index (χ1) is 16.7. The zero-order valence-corrected chi connectivity index (χ0v) is 22.8. The first kappa shape index (κ1) is 24.7. The molecule has 9 atom stereocenters. The second kappa shape index (κ2) is 9.02. The van der Waals surface area contributed by atoms with Crippen LogP contribution in [0.15, 0.2) is 24.3 Å². The number of ether oxygens (including phenoxy) is 1. The lowest BCUT2D eigenvalue weighted by Crippen LogP contribution is -2.62. The molecule has 35 heavy (non-hydrogen) atoms. The summed E-state index contributed by atoms with van der Waals surface area (Å²) in [4.78, 5) is 0. The van der Waals surface area contributed by atoms with Crippen LogP contribution in [-0.2, 0) is 9.39 Å². The monoisotopic (exact) mass is 480 g/mol. The van der Waals surface area contributed by atoms with Crippen molar-refractivity contribution in [2.24, 2.45) is 40.9 Å². The molecule has 6 rings (SSSR count). The molecule has 1 aliphatic heterocycles. The number of hydrogen-bond donors (Lipinski definition) is 1. The molecule has 0 bridgehead atoms. The van der Waals surface area contributed by atoms with Gasteiger partial charge in [0.05, 0.1) is 23.4 Å². The fourth-order valence-corrected chi connectivity index (χ4v) is 9.97. The summed E-state index contributed by atoms with van der Waals surface area (Å²) >= 11 is 0. The highest BCUT2D eigenvalue weighted by Crippen LogP contribution is 2.72. The molecule has 9 unspecified atom stereocenters. The van der Waals surface area contributed by atoms with Gasteiger partial charge in [0.15, 0.2) is 0 Å². The molecule has 0 aromatic heterocycles. The maximum Gasteiger partial charge on any atom is 0.279 e. The normalized spacial score (nSPS) is 47.1. The van der Waals surface area contributed by atoms with Gasteiger partial charge in [0.2, 0.25) is 0 Å². The number of aliphatic hydroxyl groups is 1. The summed E-state index contributed by atoms with van der Waals surface area (Å²) in [5.41, 5.74) is -0.902. The van der Waals surface area contributed by atoms with E-state index in [1.807, 2.05) is 27.7 Å². The maximum absolute atomic E-state index is 10.6. The van der Waals surface area contributed by atoms with Crippen LogP contribution in [0.3, 0.4) is 0 Å². The number of fused-ring (bicyclic) bond motifs is 9. The predicted octanol–water partition coefficient (Wildman–Crippen LogP) is 6.62. The van der Waals surface area contributed by atoms with E-state index in [2.05, 4.69) is 24.3 Å². The van der Waals surface area contributed by atoms with Gasteiger partial charge in [-0.05, 0) is 126 Å². The summed E-state index contributed by atoms with van der Waals surface area (Å²) in [6.07, 6.45) is 25.7. The van der Waals surface area contributed by atoms with Gasteiger partial charge in [-0.2, -0.15) is 0 Å². The van der Waals surface area contributed by atoms with Crippen molar-refractivity contribution in [3.8, 4) is 0 Å². The van der Waals surface area contributed by atoms with Gasteiger partial charge in [-0.3, -0.25) is 0 Å². The third-order valence-electron chi connectivity index (χ3n) is 12.1. The zero-order valence-electron chi connectivity index (χ0n) is 22.8. The molecule has 6 aliphatic rings. The highest BCUT2D eigenvalue weighted by molar-refractivity contribution is 6.29. The second-order valence-corrected chi connectivity index (χ2v) is 14.1. The van der Waals surface area contributed by atoms with E-state index in [1.54, 1.807) is 0 Å². The molecule has 3 nitrogen and oxygen atoms in total. The molecule has 0 aromatic carbocycles. The van der Waals surface area contributed by atoms with E-state index < -0.39 is 11.2 Å². The van der Waals surface area contributed by atoms with Gasteiger partial charge in [-0.1, -0.05) is 43.6 Å². The van der Waals surface area contributed by atoms with Crippen LogP contribution in [0.25, 0.3) is 0 Å². The Labute approximate surface area is 214 Å². The van der Waals surface area contributed by atoms with Gasteiger partial charge in [-0.15, -0.1) is 0 Å². The van der Waals surface area contributed by atoms with Crippen LogP contribution in [0.2, 0.25) is 5.82 Å². The topological polar surface area (TPSA) is 38.7 Å². The van der Waals surface area contributed by atoms with Crippen LogP contribution in [0, 0.1) is 40.9 Å². The van der Waals surface area contributed by atoms with Gasteiger partial charge in [-0.25, -0.2) is 0 Å². The predicted molar refractivity (Wildman–Crippen MR) is 143 cm³/mol. The minimum absolute atomic E-state index is 0.401. The highest BCUT2D eigenvalue weighted by Gasteiger charge is 2.69. The van der Waals surface area contributed by atoms with Crippen molar-refractivity contribution in [1.82, 2.24) is 0 Å². The van der Waals surface area contributed by atoms with Gasteiger partial charge < -0.3 is 14.5 Å². The molecule has 0 amide bonds. The Morgan fingerprint density at radius 3 is 2.09 bits per heavy atom. The van der Waals surface area contributed by atoms with Crippen LogP contribution in [-0.4, -0.2) is 36.0 Å². The molecule has 3 saturated carbocycles. The van der Waals surface area contributed by atoms with Crippen LogP contribution < -0.4 is 0 Å². The van der Waals surface area contributed by atoms with E-state index >= 15 is 0 Å². The van der Waals surface area contributed by atoms with E-state index in [4.69, 9.17) is 9.39 Å². The van der Waals surface area contributed by atoms with Gasteiger partial charge >= 0.3 is 0 Å². The summed E-state index contributed by atoms with van der Waals surface area (Å²) in [6.45, 7) is 7.79. The lowest BCUT2D eigenvalue weighted by molar-refractivity contribution is -0.239. The minimum Gasteiger partial charge on any atom is -0.432 e. The molecular formula is C31H49BO3. The summed E-state index contributed by atoms with van der Waals surface area (Å²) < 4.78 is 13.5. The standard InChI is InChI=1S/C31H49BO3/c1-29(2,33)30(3,4)35-32-20-17-18-26-28(19-20)34-27-16-10-9-15-25(27)31(26)23-13-7-5-11-21(23)22-12-6-8-14-24(22)31/h5-6,11-12,20-28,32-33H,7-10,13-19H2,1-4H3. The first-order valence-corrected chi connectivity index (χ1v) is 15.1. The SMILES string of the molecule is CC(C)(O)C(C)(C)OBC1CCC2C(C1)OC1CCCCC1C21C2CCC=CC2C2C=CCCC21. The van der Waals surface area contributed by atoms with E-state index in [1.165, 1.54) is 64.2 Å². The average Bonchev–Trinajstić information content (AvgIpc) is 3.13. The molecule has 1 spiro atoms. The van der Waals surface area contributed by atoms with Crippen LogP contribution >= 0.6 is 0 Å². The first-order valence-electron chi connectivity index (χ1n) is 15.1. The Balaban J connectivity index is 1.30. The van der Waals surface area contributed by atoms with Crippen LogP contribution in [0.4, 0.5) is 0 Å². The number of hydrogen-bond acceptors (Lipinski definition) is 3.